The molecule has 0 aliphatic rings. The van der Waals surface area contributed by atoms with Crippen molar-refractivity contribution in [1.82, 2.24) is 10.2 Å². The number of amides is 2. The van der Waals surface area contributed by atoms with Gasteiger partial charge in [0.1, 0.15) is 0 Å². The highest BCUT2D eigenvalue weighted by molar-refractivity contribution is 5.73. The van der Waals surface area contributed by atoms with Gasteiger partial charge in [0.15, 0.2) is 0 Å². The standard InChI is InChI=1S/C19H24N2O3/c1-21(19(23)20-12-16-8-4-2-5-9-16)13-18(22)15-24-14-17-10-6-3-7-11-17/h2-11,18,22H,12-15H2,1H3,(H,20,23). The van der Waals surface area contributed by atoms with Crippen LogP contribution in [0.1, 0.15) is 11.1 Å². The molecule has 1 atom stereocenters. The first-order chi connectivity index (χ1) is 11.6. The zero-order chi connectivity index (χ0) is 17.2. The summed E-state index contributed by atoms with van der Waals surface area (Å²) in [5, 5.41) is 12.8. The summed E-state index contributed by atoms with van der Waals surface area (Å²) >= 11 is 0. The van der Waals surface area contributed by atoms with Gasteiger partial charge >= 0.3 is 6.03 Å². The van der Waals surface area contributed by atoms with Crippen LogP contribution in [0.2, 0.25) is 0 Å². The van der Waals surface area contributed by atoms with Crippen molar-refractivity contribution in [3.8, 4) is 0 Å². The summed E-state index contributed by atoms with van der Waals surface area (Å²) in [6.45, 7) is 1.31. The second kappa shape index (κ2) is 9.70. The summed E-state index contributed by atoms with van der Waals surface area (Å²) in [5.41, 5.74) is 2.09. The molecule has 0 radical (unpaired) electrons. The third-order valence-corrected chi connectivity index (χ3v) is 3.54. The van der Waals surface area contributed by atoms with Crippen molar-refractivity contribution in [2.75, 3.05) is 20.2 Å². The van der Waals surface area contributed by atoms with Gasteiger partial charge in [-0.25, -0.2) is 4.79 Å². The van der Waals surface area contributed by atoms with E-state index in [2.05, 4.69) is 5.32 Å². The molecule has 24 heavy (non-hydrogen) atoms. The molecule has 0 aliphatic carbocycles. The number of carbonyl (C=O) groups excluding carboxylic acids is 1. The number of urea groups is 1. The molecule has 2 N–H and O–H groups in total. The van der Waals surface area contributed by atoms with Crippen molar-refractivity contribution in [1.29, 1.82) is 0 Å². The zero-order valence-corrected chi connectivity index (χ0v) is 13.9. The van der Waals surface area contributed by atoms with Crippen molar-refractivity contribution in [3.05, 3.63) is 71.8 Å². The minimum Gasteiger partial charge on any atom is -0.389 e. The number of rotatable bonds is 8. The smallest absolute Gasteiger partial charge is 0.317 e. The molecule has 2 amide bonds. The van der Waals surface area contributed by atoms with Crippen molar-refractivity contribution in [2.45, 2.75) is 19.3 Å². The molecule has 0 heterocycles. The van der Waals surface area contributed by atoms with E-state index in [1.54, 1.807) is 7.05 Å². The van der Waals surface area contributed by atoms with Crippen molar-refractivity contribution in [3.63, 3.8) is 0 Å². The Morgan fingerprint density at radius 2 is 1.67 bits per heavy atom. The average molecular weight is 328 g/mol. The summed E-state index contributed by atoms with van der Waals surface area (Å²) < 4.78 is 5.48. The van der Waals surface area contributed by atoms with Crippen LogP contribution in [-0.2, 0) is 17.9 Å². The minimum atomic E-state index is -0.721. The second-order valence-corrected chi connectivity index (χ2v) is 5.68. The predicted octanol–water partition coefficient (Wildman–Crippen LogP) is 2.41. The highest BCUT2D eigenvalue weighted by Crippen LogP contribution is 2.02. The predicted molar refractivity (Wildman–Crippen MR) is 93.4 cm³/mol. The molecule has 0 bridgehead atoms. The number of aliphatic hydroxyl groups is 1. The van der Waals surface area contributed by atoms with Gasteiger partial charge in [0.05, 0.1) is 25.9 Å². The molecule has 2 rings (SSSR count). The van der Waals surface area contributed by atoms with E-state index in [1.165, 1.54) is 4.90 Å². The highest BCUT2D eigenvalue weighted by Gasteiger charge is 2.13. The van der Waals surface area contributed by atoms with Crippen LogP contribution in [0.4, 0.5) is 4.79 Å². The van der Waals surface area contributed by atoms with E-state index >= 15 is 0 Å². The molecule has 128 valence electrons. The number of ether oxygens (including phenoxy) is 1. The first kappa shape index (κ1) is 18.0. The van der Waals surface area contributed by atoms with Crippen LogP contribution in [0.25, 0.3) is 0 Å². The Labute approximate surface area is 142 Å². The van der Waals surface area contributed by atoms with Gasteiger partial charge in [-0.05, 0) is 11.1 Å². The normalized spacial score (nSPS) is 11.8. The highest BCUT2D eigenvalue weighted by atomic mass is 16.5. The van der Waals surface area contributed by atoms with Gasteiger partial charge in [-0.1, -0.05) is 60.7 Å². The lowest BCUT2D eigenvalue weighted by atomic mass is 10.2. The largest absolute Gasteiger partial charge is 0.389 e. The Morgan fingerprint density at radius 3 is 2.29 bits per heavy atom. The molecule has 0 saturated carbocycles. The fourth-order valence-electron chi connectivity index (χ4n) is 2.25. The van der Waals surface area contributed by atoms with Gasteiger partial charge in [0, 0.05) is 13.6 Å². The average Bonchev–Trinajstić information content (AvgIpc) is 2.61. The third kappa shape index (κ3) is 6.40. The summed E-state index contributed by atoms with van der Waals surface area (Å²) in [7, 11) is 1.65. The quantitative estimate of drug-likeness (QED) is 0.782. The van der Waals surface area contributed by atoms with E-state index in [9.17, 15) is 9.90 Å². The van der Waals surface area contributed by atoms with E-state index in [-0.39, 0.29) is 19.2 Å². The number of nitrogens with zero attached hydrogens (tertiary/aromatic N) is 1. The van der Waals surface area contributed by atoms with Crippen LogP contribution in [0, 0.1) is 0 Å². The monoisotopic (exact) mass is 328 g/mol. The Balaban J connectivity index is 1.65. The van der Waals surface area contributed by atoms with Gasteiger partial charge in [-0.3, -0.25) is 0 Å². The molecule has 0 saturated heterocycles. The molecule has 2 aromatic carbocycles. The maximum absolute atomic E-state index is 12.0. The van der Waals surface area contributed by atoms with E-state index in [0.717, 1.165) is 11.1 Å². The molecule has 5 nitrogen and oxygen atoms in total. The number of likely N-dealkylation sites (N-methyl/N-ethyl adjacent to an activating group) is 1. The number of nitrogens with one attached hydrogen (secondary N) is 1. The Morgan fingerprint density at radius 1 is 1.08 bits per heavy atom. The van der Waals surface area contributed by atoms with Crippen molar-refractivity contribution in [2.24, 2.45) is 0 Å². The maximum Gasteiger partial charge on any atom is 0.317 e. The fourth-order valence-corrected chi connectivity index (χ4v) is 2.25. The van der Waals surface area contributed by atoms with Crippen LogP contribution in [0.3, 0.4) is 0 Å². The van der Waals surface area contributed by atoms with Crippen LogP contribution in [-0.4, -0.2) is 42.3 Å². The SMILES string of the molecule is CN(CC(O)COCc1ccccc1)C(=O)NCc1ccccc1. The molecule has 2 aromatic rings. The molecular weight excluding hydrogens is 304 g/mol. The fraction of sp³-hybridized carbons (Fsp3) is 0.316. The minimum absolute atomic E-state index is 0.186. The number of aliphatic hydroxyl groups excluding tert-OH is 1. The lowest BCUT2D eigenvalue weighted by Crippen LogP contribution is -2.42. The third-order valence-electron chi connectivity index (χ3n) is 3.54. The van der Waals surface area contributed by atoms with E-state index in [4.69, 9.17) is 4.74 Å². The molecule has 0 aromatic heterocycles. The molecule has 5 heteroatoms. The van der Waals surface area contributed by atoms with E-state index in [0.29, 0.717) is 13.2 Å². The van der Waals surface area contributed by atoms with Crippen LogP contribution >= 0.6 is 0 Å². The molecular formula is C19H24N2O3. The molecule has 1 unspecified atom stereocenters. The summed E-state index contributed by atoms with van der Waals surface area (Å²) in [5.74, 6) is 0. The number of hydrogen-bond acceptors (Lipinski definition) is 3. The lowest BCUT2D eigenvalue weighted by Gasteiger charge is -2.21. The molecule has 0 fully saturated rings. The van der Waals surface area contributed by atoms with Gasteiger partial charge in [-0.15, -0.1) is 0 Å². The number of benzene rings is 2. The van der Waals surface area contributed by atoms with Gasteiger partial charge < -0.3 is 20.1 Å². The number of hydrogen-bond donors (Lipinski definition) is 2. The molecule has 0 aliphatic heterocycles. The van der Waals surface area contributed by atoms with Gasteiger partial charge in [0.25, 0.3) is 0 Å². The summed E-state index contributed by atoms with van der Waals surface area (Å²) in [4.78, 5) is 13.5. The second-order valence-electron chi connectivity index (χ2n) is 5.68. The van der Waals surface area contributed by atoms with Crippen LogP contribution < -0.4 is 5.32 Å². The first-order valence-electron chi connectivity index (χ1n) is 7.98. The Kier molecular flexibility index (Phi) is 7.26. The van der Waals surface area contributed by atoms with Crippen molar-refractivity contribution < 1.29 is 14.6 Å². The lowest BCUT2D eigenvalue weighted by molar-refractivity contribution is 0.0181. The Bertz CT molecular complexity index is 605. The number of carbonyl (C=O) groups is 1. The van der Waals surface area contributed by atoms with Gasteiger partial charge in [0.2, 0.25) is 0 Å². The van der Waals surface area contributed by atoms with E-state index < -0.39 is 6.10 Å². The summed E-state index contributed by atoms with van der Waals surface area (Å²) in [6, 6.07) is 19.2. The van der Waals surface area contributed by atoms with Gasteiger partial charge in [-0.2, -0.15) is 0 Å². The zero-order valence-electron chi connectivity index (χ0n) is 13.9. The van der Waals surface area contributed by atoms with E-state index in [1.807, 2.05) is 60.7 Å². The molecule has 0 spiro atoms. The van der Waals surface area contributed by atoms with Crippen molar-refractivity contribution >= 4 is 6.03 Å². The van der Waals surface area contributed by atoms with Crippen LogP contribution in [0.15, 0.2) is 60.7 Å². The Hall–Kier alpha value is -2.37. The first-order valence-corrected chi connectivity index (χ1v) is 7.98. The topological polar surface area (TPSA) is 61.8 Å². The maximum atomic E-state index is 12.0. The van der Waals surface area contributed by atoms with Crippen LogP contribution in [0.5, 0.6) is 0 Å². The summed E-state index contributed by atoms with van der Waals surface area (Å²) in [6.07, 6.45) is -0.721.